The van der Waals surface area contributed by atoms with Gasteiger partial charge in [-0.2, -0.15) is 16.9 Å². The van der Waals surface area contributed by atoms with Crippen LogP contribution in [0.5, 0.6) is 0 Å². The van der Waals surface area contributed by atoms with Crippen LogP contribution >= 0.6 is 11.8 Å². The van der Waals surface area contributed by atoms with Crippen molar-refractivity contribution in [3.05, 3.63) is 11.4 Å². The minimum Gasteiger partial charge on any atom is -0.395 e. The first-order chi connectivity index (χ1) is 8.60. The highest BCUT2D eigenvalue weighted by Gasteiger charge is 2.16. The fraction of sp³-hybridized carbons (Fsp3) is 0.667. The van der Waals surface area contributed by atoms with Crippen LogP contribution in [0.2, 0.25) is 0 Å². The minimum absolute atomic E-state index is 0.195. The predicted octanol–water partition coefficient (Wildman–Crippen LogP) is 1.82. The normalized spacial score (nSPS) is 12.4. The number of nitrogen functional groups attached to an aromatic ring is 1. The summed E-state index contributed by atoms with van der Waals surface area (Å²) < 4.78 is 0. The summed E-state index contributed by atoms with van der Waals surface area (Å²) in [5.41, 5.74) is 7.53. The van der Waals surface area contributed by atoms with E-state index in [1.165, 1.54) is 0 Å². The van der Waals surface area contributed by atoms with E-state index in [4.69, 9.17) is 5.73 Å². The van der Waals surface area contributed by atoms with Crippen molar-refractivity contribution in [2.75, 3.05) is 18.5 Å². The number of nitrogens with zero attached hydrogens (tertiary/aromatic N) is 1. The third-order valence-electron chi connectivity index (χ3n) is 2.84. The van der Waals surface area contributed by atoms with Gasteiger partial charge in [0.05, 0.1) is 11.4 Å². The number of aryl methyl sites for hydroxylation is 1. The number of hydrogen-bond acceptors (Lipinski definition) is 4. The highest BCUT2D eigenvalue weighted by Crippen LogP contribution is 2.15. The van der Waals surface area contributed by atoms with Crippen molar-refractivity contribution in [1.29, 1.82) is 0 Å². The molecule has 102 valence electrons. The van der Waals surface area contributed by atoms with Gasteiger partial charge in [0.15, 0.2) is 5.69 Å². The Morgan fingerprint density at radius 1 is 1.61 bits per heavy atom. The molecule has 0 aliphatic rings. The lowest BCUT2D eigenvalue weighted by atomic mass is 10.2. The van der Waals surface area contributed by atoms with Gasteiger partial charge >= 0.3 is 0 Å². The summed E-state index contributed by atoms with van der Waals surface area (Å²) >= 11 is 1.79. The molecule has 0 aromatic carbocycles. The molecule has 1 amide bonds. The summed E-state index contributed by atoms with van der Waals surface area (Å²) in [6, 6.07) is 0. The van der Waals surface area contributed by atoms with Gasteiger partial charge in [-0.25, -0.2) is 0 Å². The van der Waals surface area contributed by atoms with Crippen LogP contribution in [-0.4, -0.2) is 34.2 Å². The van der Waals surface area contributed by atoms with E-state index >= 15 is 0 Å². The standard InChI is InChI=1S/C12H22N4OS/c1-4-5-9-10(13)11(16-15-9)12(17)14-7-6-8(2)18-3/h8H,4-7,13H2,1-3H3,(H,14,17)(H,15,16). The molecule has 0 fully saturated rings. The predicted molar refractivity (Wildman–Crippen MR) is 76.9 cm³/mol. The number of carbonyl (C=O) groups is 1. The number of thioether (sulfide) groups is 1. The third-order valence-corrected chi connectivity index (χ3v) is 3.88. The Balaban J connectivity index is 2.51. The van der Waals surface area contributed by atoms with Crippen LogP contribution < -0.4 is 11.1 Å². The van der Waals surface area contributed by atoms with E-state index in [-0.39, 0.29) is 5.91 Å². The van der Waals surface area contributed by atoms with Gasteiger partial charge in [-0.15, -0.1) is 0 Å². The molecule has 18 heavy (non-hydrogen) atoms. The van der Waals surface area contributed by atoms with Gasteiger partial charge in [0.25, 0.3) is 5.91 Å². The average molecular weight is 270 g/mol. The van der Waals surface area contributed by atoms with Gasteiger partial charge in [0.1, 0.15) is 0 Å². The topological polar surface area (TPSA) is 83.8 Å². The summed E-state index contributed by atoms with van der Waals surface area (Å²) in [6.45, 7) is 4.85. The lowest BCUT2D eigenvalue weighted by Crippen LogP contribution is -2.27. The van der Waals surface area contributed by atoms with Crippen LogP contribution in [0, 0.1) is 0 Å². The number of rotatable bonds is 7. The van der Waals surface area contributed by atoms with E-state index in [0.717, 1.165) is 25.0 Å². The molecule has 1 heterocycles. The van der Waals surface area contributed by atoms with Crippen LogP contribution in [0.3, 0.4) is 0 Å². The number of hydrogen-bond donors (Lipinski definition) is 3. The number of nitrogens with one attached hydrogen (secondary N) is 2. The third kappa shape index (κ3) is 3.94. The number of amides is 1. The SMILES string of the molecule is CCCc1[nH]nc(C(=O)NCCC(C)SC)c1N. The molecule has 4 N–H and O–H groups in total. The molecule has 0 spiro atoms. The number of aromatic amines is 1. The van der Waals surface area contributed by atoms with E-state index in [0.29, 0.717) is 23.2 Å². The summed E-state index contributed by atoms with van der Waals surface area (Å²) in [5.74, 6) is -0.195. The summed E-state index contributed by atoms with van der Waals surface area (Å²) in [4.78, 5) is 11.9. The molecular weight excluding hydrogens is 248 g/mol. The minimum atomic E-state index is -0.195. The van der Waals surface area contributed by atoms with Crippen LogP contribution in [0.15, 0.2) is 0 Å². The van der Waals surface area contributed by atoms with Crippen molar-refractivity contribution in [3.63, 3.8) is 0 Å². The molecule has 1 atom stereocenters. The first-order valence-corrected chi connectivity index (χ1v) is 7.52. The first kappa shape index (κ1) is 14.9. The van der Waals surface area contributed by atoms with E-state index in [2.05, 4.69) is 35.6 Å². The number of aromatic nitrogens is 2. The van der Waals surface area contributed by atoms with E-state index < -0.39 is 0 Å². The number of anilines is 1. The largest absolute Gasteiger partial charge is 0.395 e. The van der Waals surface area contributed by atoms with Gasteiger partial charge in [-0.05, 0) is 19.1 Å². The molecule has 5 nitrogen and oxygen atoms in total. The van der Waals surface area contributed by atoms with Gasteiger partial charge < -0.3 is 11.1 Å². The molecule has 0 aliphatic heterocycles. The maximum atomic E-state index is 11.9. The lowest BCUT2D eigenvalue weighted by Gasteiger charge is -2.08. The van der Waals surface area contributed by atoms with Crippen molar-refractivity contribution in [3.8, 4) is 0 Å². The zero-order valence-electron chi connectivity index (χ0n) is 11.2. The monoisotopic (exact) mass is 270 g/mol. The van der Waals surface area contributed by atoms with Crippen molar-refractivity contribution in [1.82, 2.24) is 15.5 Å². The molecule has 0 aliphatic carbocycles. The Kier molecular flexibility index (Phi) is 6.04. The molecule has 1 aromatic rings. The average Bonchev–Trinajstić information content (AvgIpc) is 2.71. The maximum Gasteiger partial charge on any atom is 0.273 e. The van der Waals surface area contributed by atoms with E-state index in [1.807, 2.05) is 0 Å². The van der Waals surface area contributed by atoms with Crippen molar-refractivity contribution >= 4 is 23.4 Å². The van der Waals surface area contributed by atoms with Crippen molar-refractivity contribution < 1.29 is 4.79 Å². The highest BCUT2D eigenvalue weighted by atomic mass is 32.2. The fourth-order valence-electron chi connectivity index (χ4n) is 1.59. The van der Waals surface area contributed by atoms with E-state index in [1.54, 1.807) is 11.8 Å². The van der Waals surface area contributed by atoms with Gasteiger partial charge in [-0.1, -0.05) is 20.3 Å². The Morgan fingerprint density at radius 2 is 2.33 bits per heavy atom. The Labute approximate surface area is 112 Å². The van der Waals surface area contributed by atoms with Crippen LogP contribution in [0.25, 0.3) is 0 Å². The molecule has 0 bridgehead atoms. The molecule has 1 unspecified atom stereocenters. The highest BCUT2D eigenvalue weighted by molar-refractivity contribution is 7.99. The summed E-state index contributed by atoms with van der Waals surface area (Å²) in [5, 5.41) is 10.2. The second kappa shape index (κ2) is 7.31. The van der Waals surface area contributed by atoms with E-state index in [9.17, 15) is 4.79 Å². The van der Waals surface area contributed by atoms with Crippen LogP contribution in [-0.2, 0) is 6.42 Å². The smallest absolute Gasteiger partial charge is 0.273 e. The van der Waals surface area contributed by atoms with Gasteiger partial charge in [-0.3, -0.25) is 9.89 Å². The molecule has 0 saturated carbocycles. The summed E-state index contributed by atoms with van der Waals surface area (Å²) in [7, 11) is 0. The molecule has 1 rings (SSSR count). The Hall–Kier alpha value is -1.17. The zero-order chi connectivity index (χ0) is 13.5. The first-order valence-electron chi connectivity index (χ1n) is 6.23. The van der Waals surface area contributed by atoms with Crippen LogP contribution in [0.4, 0.5) is 5.69 Å². The second-order valence-electron chi connectivity index (χ2n) is 4.31. The van der Waals surface area contributed by atoms with Crippen molar-refractivity contribution in [2.45, 2.75) is 38.4 Å². The Morgan fingerprint density at radius 3 is 2.94 bits per heavy atom. The molecule has 0 radical (unpaired) electrons. The van der Waals surface area contributed by atoms with Gasteiger partial charge in [0.2, 0.25) is 0 Å². The number of nitrogens with two attached hydrogens (primary N) is 1. The van der Waals surface area contributed by atoms with Crippen LogP contribution in [0.1, 0.15) is 42.9 Å². The molecular formula is C12H22N4OS. The van der Waals surface area contributed by atoms with Gasteiger partial charge in [0, 0.05) is 11.8 Å². The quantitative estimate of drug-likeness (QED) is 0.705. The molecule has 1 aromatic heterocycles. The fourth-order valence-corrected chi connectivity index (χ4v) is 1.94. The Bertz CT molecular complexity index is 391. The van der Waals surface area contributed by atoms with Crippen molar-refractivity contribution in [2.24, 2.45) is 0 Å². The lowest BCUT2D eigenvalue weighted by molar-refractivity contribution is 0.0949. The molecule has 0 saturated heterocycles. The zero-order valence-corrected chi connectivity index (χ0v) is 12.1. The molecule has 6 heteroatoms. The summed E-state index contributed by atoms with van der Waals surface area (Å²) in [6.07, 6.45) is 4.79. The number of carbonyl (C=O) groups excluding carboxylic acids is 1. The number of H-pyrrole nitrogens is 1. The second-order valence-corrected chi connectivity index (χ2v) is 5.58. The maximum absolute atomic E-state index is 11.9.